The van der Waals surface area contributed by atoms with E-state index in [9.17, 15) is 0 Å². The molecule has 0 unspecified atom stereocenters. The molecule has 17 heavy (non-hydrogen) atoms. The number of hydrogen-bond acceptors (Lipinski definition) is 4. The summed E-state index contributed by atoms with van der Waals surface area (Å²) in [6.45, 7) is 7.66. The molecule has 2 bridgehead atoms. The topological polar surface area (TPSA) is 24.9 Å². The van der Waals surface area contributed by atoms with Crippen LogP contribution in [-0.2, 0) is 9.47 Å². The molecule has 3 aliphatic rings. The van der Waals surface area contributed by atoms with Gasteiger partial charge in [0.05, 0.1) is 19.3 Å². The summed E-state index contributed by atoms with van der Waals surface area (Å²) in [5.74, 6) is 0. The smallest absolute Gasteiger partial charge is 0.111 e. The molecule has 2 atom stereocenters. The van der Waals surface area contributed by atoms with Crippen molar-refractivity contribution in [1.29, 1.82) is 0 Å². The Labute approximate surface area is 104 Å². The van der Waals surface area contributed by atoms with Crippen molar-refractivity contribution in [2.45, 2.75) is 38.0 Å². The van der Waals surface area contributed by atoms with Crippen LogP contribution in [0.25, 0.3) is 0 Å². The van der Waals surface area contributed by atoms with E-state index < -0.39 is 0 Å². The van der Waals surface area contributed by atoms with Gasteiger partial charge >= 0.3 is 0 Å². The summed E-state index contributed by atoms with van der Waals surface area (Å²) in [5, 5.41) is 0. The maximum Gasteiger partial charge on any atom is 0.111 e. The highest BCUT2D eigenvalue weighted by molar-refractivity contribution is 4.82. The summed E-state index contributed by atoms with van der Waals surface area (Å²) >= 11 is 0. The Kier molecular flexibility index (Phi) is 3.96. The van der Waals surface area contributed by atoms with Gasteiger partial charge in [0.1, 0.15) is 6.23 Å². The maximum atomic E-state index is 5.94. The predicted molar refractivity (Wildman–Crippen MR) is 66.0 cm³/mol. The van der Waals surface area contributed by atoms with Crippen molar-refractivity contribution in [3.05, 3.63) is 0 Å². The molecule has 4 heteroatoms. The Hall–Kier alpha value is -0.160. The summed E-state index contributed by atoms with van der Waals surface area (Å²) in [6.07, 6.45) is 6.13. The lowest BCUT2D eigenvalue weighted by atomic mass is 10.1. The Bertz CT molecular complexity index is 244. The van der Waals surface area contributed by atoms with Gasteiger partial charge in [-0.1, -0.05) is 0 Å². The third-order valence-electron chi connectivity index (χ3n) is 4.20. The van der Waals surface area contributed by atoms with Gasteiger partial charge in [-0.25, -0.2) is 0 Å². The van der Waals surface area contributed by atoms with Gasteiger partial charge in [-0.05, 0) is 32.2 Å². The lowest BCUT2D eigenvalue weighted by Gasteiger charge is -2.28. The lowest BCUT2D eigenvalue weighted by molar-refractivity contribution is -0.0344. The van der Waals surface area contributed by atoms with Crippen LogP contribution in [0, 0.1) is 0 Å². The average Bonchev–Trinajstić information content (AvgIpc) is 2.65. The van der Waals surface area contributed by atoms with E-state index in [0.717, 1.165) is 26.3 Å². The molecule has 3 rings (SSSR count). The maximum absolute atomic E-state index is 5.94. The van der Waals surface area contributed by atoms with Crippen LogP contribution in [0.5, 0.6) is 0 Å². The zero-order valence-electron chi connectivity index (χ0n) is 10.6. The molecular formula is C13H24N2O2. The first-order valence-corrected chi connectivity index (χ1v) is 7.11. The first kappa shape index (κ1) is 11.9. The van der Waals surface area contributed by atoms with Gasteiger partial charge in [-0.3, -0.25) is 9.80 Å². The minimum Gasteiger partial charge on any atom is -0.379 e. The van der Waals surface area contributed by atoms with Gasteiger partial charge in [-0.15, -0.1) is 0 Å². The van der Waals surface area contributed by atoms with Crippen molar-refractivity contribution in [2.75, 3.05) is 45.9 Å². The highest BCUT2D eigenvalue weighted by Crippen LogP contribution is 2.29. The third kappa shape index (κ3) is 2.99. The Morgan fingerprint density at radius 2 is 1.94 bits per heavy atom. The van der Waals surface area contributed by atoms with Gasteiger partial charge in [0.15, 0.2) is 0 Å². The van der Waals surface area contributed by atoms with Crippen LogP contribution >= 0.6 is 0 Å². The van der Waals surface area contributed by atoms with E-state index in [2.05, 4.69) is 9.80 Å². The van der Waals surface area contributed by atoms with Crippen LogP contribution in [0.15, 0.2) is 0 Å². The van der Waals surface area contributed by atoms with Crippen LogP contribution < -0.4 is 0 Å². The molecule has 0 aromatic carbocycles. The van der Waals surface area contributed by atoms with Crippen molar-refractivity contribution in [3.8, 4) is 0 Å². The fourth-order valence-corrected chi connectivity index (χ4v) is 3.22. The van der Waals surface area contributed by atoms with E-state index in [4.69, 9.17) is 9.47 Å². The first-order valence-electron chi connectivity index (χ1n) is 7.11. The third-order valence-corrected chi connectivity index (χ3v) is 4.20. The van der Waals surface area contributed by atoms with E-state index in [1.54, 1.807) is 0 Å². The molecule has 0 amide bonds. The molecule has 0 aromatic rings. The second kappa shape index (κ2) is 5.65. The number of ether oxygens (including phenoxy) is 2. The predicted octanol–water partition coefficient (Wildman–Crippen LogP) is 0.919. The summed E-state index contributed by atoms with van der Waals surface area (Å²) in [6, 6.07) is 0. The molecule has 0 radical (unpaired) electrons. The normalized spacial score (nSPS) is 35.3. The van der Waals surface area contributed by atoms with Crippen LogP contribution in [0.3, 0.4) is 0 Å². The largest absolute Gasteiger partial charge is 0.379 e. The SMILES string of the molecule is C1C[C@H]2CN(CCCN3CCOCC3)[C@@H](C1)O2. The first-order chi connectivity index (χ1) is 8.42. The molecule has 3 heterocycles. The molecule has 3 fully saturated rings. The highest BCUT2D eigenvalue weighted by atomic mass is 16.5. The van der Waals surface area contributed by atoms with Gasteiger partial charge in [0.2, 0.25) is 0 Å². The number of hydrogen-bond donors (Lipinski definition) is 0. The number of rotatable bonds is 4. The van der Waals surface area contributed by atoms with Crippen LogP contribution in [0.1, 0.15) is 25.7 Å². The molecule has 4 nitrogen and oxygen atoms in total. The molecule has 0 aromatic heterocycles. The number of morpholine rings is 1. The van der Waals surface area contributed by atoms with Gasteiger partial charge in [0, 0.05) is 26.2 Å². The lowest BCUT2D eigenvalue weighted by Crippen LogP contribution is -2.38. The zero-order valence-corrected chi connectivity index (χ0v) is 10.6. The standard InChI is InChI=1S/C13H24N2O2/c1-3-12-11-15(13(4-1)17-12)6-2-5-14-7-9-16-10-8-14/h12-13H,1-11H2/t12-,13+/m0/s1. The summed E-state index contributed by atoms with van der Waals surface area (Å²) in [7, 11) is 0. The minimum absolute atomic E-state index is 0.443. The second-order valence-corrected chi connectivity index (χ2v) is 5.45. The van der Waals surface area contributed by atoms with Crippen molar-refractivity contribution in [3.63, 3.8) is 0 Å². The van der Waals surface area contributed by atoms with E-state index in [1.807, 2.05) is 0 Å². The van der Waals surface area contributed by atoms with E-state index in [0.29, 0.717) is 12.3 Å². The van der Waals surface area contributed by atoms with Gasteiger partial charge in [0.25, 0.3) is 0 Å². The zero-order chi connectivity index (χ0) is 11.5. The molecule has 3 saturated heterocycles. The van der Waals surface area contributed by atoms with E-state index >= 15 is 0 Å². The van der Waals surface area contributed by atoms with E-state index in [-0.39, 0.29) is 0 Å². The summed E-state index contributed by atoms with van der Waals surface area (Å²) in [4.78, 5) is 5.07. The second-order valence-electron chi connectivity index (χ2n) is 5.45. The number of likely N-dealkylation sites (tertiary alicyclic amines) is 1. The summed E-state index contributed by atoms with van der Waals surface area (Å²) < 4.78 is 11.3. The Balaban J connectivity index is 1.36. The van der Waals surface area contributed by atoms with Crippen molar-refractivity contribution in [1.82, 2.24) is 9.80 Å². The Morgan fingerprint density at radius 3 is 2.76 bits per heavy atom. The summed E-state index contributed by atoms with van der Waals surface area (Å²) in [5.41, 5.74) is 0. The van der Waals surface area contributed by atoms with Crippen molar-refractivity contribution in [2.24, 2.45) is 0 Å². The molecule has 3 aliphatic heterocycles. The fraction of sp³-hybridized carbons (Fsp3) is 1.00. The monoisotopic (exact) mass is 240 g/mol. The highest BCUT2D eigenvalue weighted by Gasteiger charge is 2.35. The molecule has 0 N–H and O–H groups in total. The number of fused-ring (bicyclic) bond motifs is 2. The minimum atomic E-state index is 0.443. The molecular weight excluding hydrogens is 216 g/mol. The average molecular weight is 240 g/mol. The number of nitrogens with zero attached hydrogens (tertiary/aromatic N) is 2. The quantitative estimate of drug-likeness (QED) is 0.729. The Morgan fingerprint density at radius 1 is 1.06 bits per heavy atom. The van der Waals surface area contributed by atoms with Crippen molar-refractivity contribution < 1.29 is 9.47 Å². The molecule has 0 spiro atoms. The molecule has 0 aliphatic carbocycles. The van der Waals surface area contributed by atoms with Gasteiger partial charge in [-0.2, -0.15) is 0 Å². The molecule has 0 saturated carbocycles. The fourth-order valence-electron chi connectivity index (χ4n) is 3.22. The molecule has 98 valence electrons. The van der Waals surface area contributed by atoms with Gasteiger partial charge < -0.3 is 9.47 Å². The van der Waals surface area contributed by atoms with E-state index in [1.165, 1.54) is 45.3 Å². The van der Waals surface area contributed by atoms with Crippen molar-refractivity contribution >= 4 is 0 Å². The van der Waals surface area contributed by atoms with Crippen LogP contribution in [-0.4, -0.2) is 68.1 Å². The van der Waals surface area contributed by atoms with Crippen LogP contribution in [0.4, 0.5) is 0 Å². The van der Waals surface area contributed by atoms with Crippen LogP contribution in [0.2, 0.25) is 0 Å².